The first-order valence-corrected chi connectivity index (χ1v) is 21.4. The molecule has 0 bridgehead atoms. The van der Waals surface area contributed by atoms with Crippen LogP contribution in [0.15, 0.2) is 128 Å². The van der Waals surface area contributed by atoms with Crippen LogP contribution in [0.2, 0.25) is 0 Å². The van der Waals surface area contributed by atoms with Gasteiger partial charge in [0.2, 0.25) is 28.8 Å². The zero-order chi connectivity index (χ0) is 50.0. The number of esters is 1. The molecule has 1 aromatic carbocycles. The van der Waals surface area contributed by atoms with Gasteiger partial charge in [-0.25, -0.2) is 9.59 Å². The van der Waals surface area contributed by atoms with Crippen molar-refractivity contribution in [2.45, 2.75) is 95.2 Å². The van der Waals surface area contributed by atoms with E-state index in [1.807, 2.05) is 6.07 Å². The lowest BCUT2D eigenvalue weighted by Gasteiger charge is -2.40. The van der Waals surface area contributed by atoms with Crippen molar-refractivity contribution in [2.75, 3.05) is 7.11 Å². The number of ether oxygens (including phenoxy) is 2. The molecule has 0 atom stereocenters. The maximum Gasteiger partial charge on any atom is 0.408 e. The number of amides is 6. The number of carbonyl (C=O) groups is 7. The normalized spacial score (nSPS) is 12.1. The SMILES string of the molecule is COC(=O)C(C)(C)NC(=O)C(NC(=O)C(C)(C)NC(=O)C(C)(C)NC(=O)C(NC(=O)C(C)(C)NC(=O)OCc1ccccc1)(c1ccccn1)c1ccccn1)(c1ccccn1)c1ccccn1. The summed E-state index contributed by atoms with van der Waals surface area (Å²) >= 11 is 0. The molecular formula is C49H56N10O9. The van der Waals surface area contributed by atoms with Crippen molar-refractivity contribution < 1.29 is 43.0 Å². The zero-order valence-corrected chi connectivity index (χ0v) is 39.3. The van der Waals surface area contributed by atoms with Gasteiger partial charge < -0.3 is 41.4 Å². The predicted molar refractivity (Wildman–Crippen MR) is 247 cm³/mol. The summed E-state index contributed by atoms with van der Waals surface area (Å²) in [6, 6.07) is 27.7. The van der Waals surface area contributed by atoms with Gasteiger partial charge in [-0.15, -0.1) is 0 Å². The summed E-state index contributed by atoms with van der Waals surface area (Å²) in [5, 5.41) is 16.2. The fourth-order valence-corrected chi connectivity index (χ4v) is 6.77. The molecule has 0 unspecified atom stereocenters. The highest BCUT2D eigenvalue weighted by molar-refractivity contribution is 6.03. The lowest BCUT2D eigenvalue weighted by atomic mass is 9.85. The van der Waals surface area contributed by atoms with E-state index in [-0.39, 0.29) is 29.4 Å². The Kier molecular flexibility index (Phi) is 15.4. The average Bonchev–Trinajstić information content (AvgIpc) is 3.32. The van der Waals surface area contributed by atoms with Crippen LogP contribution in [-0.4, -0.2) is 90.8 Å². The van der Waals surface area contributed by atoms with Gasteiger partial charge >= 0.3 is 12.1 Å². The fraction of sp³-hybridized carbons (Fsp3) is 0.327. The second-order valence-corrected chi connectivity index (χ2v) is 17.8. The fourth-order valence-electron chi connectivity index (χ4n) is 6.77. The van der Waals surface area contributed by atoms with Crippen LogP contribution >= 0.6 is 0 Å². The van der Waals surface area contributed by atoms with Gasteiger partial charge in [-0.2, -0.15) is 0 Å². The van der Waals surface area contributed by atoms with Crippen molar-refractivity contribution in [2.24, 2.45) is 0 Å². The maximum atomic E-state index is 15.1. The summed E-state index contributed by atoms with van der Waals surface area (Å²) < 4.78 is 10.3. The van der Waals surface area contributed by atoms with E-state index in [0.29, 0.717) is 5.56 Å². The number of nitrogens with one attached hydrogen (secondary N) is 6. The van der Waals surface area contributed by atoms with Gasteiger partial charge in [0.15, 0.2) is 0 Å². The number of aromatic nitrogens is 4. The summed E-state index contributed by atoms with van der Waals surface area (Å²) in [4.78, 5) is 117. The molecule has 19 nitrogen and oxygen atoms in total. The summed E-state index contributed by atoms with van der Waals surface area (Å²) in [5.74, 6) is -5.30. The summed E-state index contributed by atoms with van der Waals surface area (Å²) in [7, 11) is 1.17. The number of pyridine rings is 4. The number of methoxy groups -OCH3 is 1. The van der Waals surface area contributed by atoms with Crippen molar-refractivity contribution in [1.82, 2.24) is 51.8 Å². The van der Waals surface area contributed by atoms with Crippen LogP contribution in [-0.2, 0) is 55.9 Å². The quantitative estimate of drug-likeness (QED) is 0.0691. The Morgan fingerprint density at radius 1 is 0.412 bits per heavy atom. The molecule has 19 heteroatoms. The molecule has 5 rings (SSSR count). The molecule has 0 radical (unpaired) electrons. The van der Waals surface area contributed by atoms with E-state index in [1.165, 1.54) is 112 Å². The number of rotatable bonds is 18. The molecule has 0 saturated carbocycles. The van der Waals surface area contributed by atoms with E-state index in [9.17, 15) is 28.8 Å². The number of alkyl carbamates (subject to hydrolysis) is 1. The number of carbonyl (C=O) groups excluding carboxylic acids is 7. The van der Waals surface area contributed by atoms with Crippen LogP contribution in [0, 0.1) is 0 Å². The van der Waals surface area contributed by atoms with Crippen molar-refractivity contribution in [3.05, 3.63) is 156 Å². The lowest BCUT2D eigenvalue weighted by molar-refractivity contribution is -0.150. The minimum Gasteiger partial charge on any atom is -0.467 e. The molecule has 4 heterocycles. The minimum atomic E-state index is -2.24. The highest BCUT2D eigenvalue weighted by atomic mass is 16.5. The third kappa shape index (κ3) is 11.3. The van der Waals surface area contributed by atoms with Crippen molar-refractivity contribution >= 4 is 41.6 Å². The zero-order valence-electron chi connectivity index (χ0n) is 39.3. The Labute approximate surface area is 394 Å². The van der Waals surface area contributed by atoms with Gasteiger partial charge in [-0.3, -0.25) is 43.9 Å². The highest BCUT2D eigenvalue weighted by Gasteiger charge is 2.53. The van der Waals surface area contributed by atoms with E-state index in [1.54, 1.807) is 72.8 Å². The molecule has 6 N–H and O–H groups in total. The third-order valence-electron chi connectivity index (χ3n) is 10.8. The summed E-state index contributed by atoms with van der Waals surface area (Å²) in [6.07, 6.45) is 4.72. The second-order valence-electron chi connectivity index (χ2n) is 17.8. The van der Waals surface area contributed by atoms with Crippen LogP contribution in [0.1, 0.15) is 83.7 Å². The molecular weight excluding hydrogens is 873 g/mol. The molecule has 0 fully saturated rings. The van der Waals surface area contributed by atoms with Gasteiger partial charge in [0.05, 0.1) is 29.9 Å². The monoisotopic (exact) mass is 928 g/mol. The minimum absolute atomic E-state index is 0.00282. The molecule has 0 aliphatic carbocycles. The third-order valence-corrected chi connectivity index (χ3v) is 10.8. The van der Waals surface area contributed by atoms with Crippen LogP contribution in [0.5, 0.6) is 0 Å². The van der Waals surface area contributed by atoms with Gasteiger partial charge in [-0.05, 0) is 109 Å². The number of benzene rings is 1. The number of hydrogen-bond acceptors (Lipinski definition) is 13. The Hall–Kier alpha value is -8.09. The van der Waals surface area contributed by atoms with E-state index < -0.39 is 74.8 Å². The number of nitrogens with zero attached hydrogens (tertiary/aromatic N) is 4. The second kappa shape index (κ2) is 20.6. The molecule has 0 spiro atoms. The first-order chi connectivity index (χ1) is 32.0. The van der Waals surface area contributed by atoms with E-state index in [2.05, 4.69) is 51.8 Å². The Morgan fingerprint density at radius 2 is 0.735 bits per heavy atom. The molecule has 68 heavy (non-hydrogen) atoms. The van der Waals surface area contributed by atoms with Crippen LogP contribution < -0.4 is 31.9 Å². The summed E-state index contributed by atoms with van der Waals surface area (Å²) in [5.41, 5.74) is -10.7. The van der Waals surface area contributed by atoms with Crippen LogP contribution in [0.25, 0.3) is 0 Å². The molecule has 0 aliphatic heterocycles. The molecule has 4 aromatic heterocycles. The maximum absolute atomic E-state index is 15.1. The topological polar surface area (TPSA) is 262 Å². The van der Waals surface area contributed by atoms with Gasteiger partial charge in [0.1, 0.15) is 28.8 Å². The van der Waals surface area contributed by atoms with Gasteiger partial charge in [0, 0.05) is 24.8 Å². The predicted octanol–water partition coefficient (Wildman–Crippen LogP) is 3.25. The van der Waals surface area contributed by atoms with E-state index >= 15 is 4.79 Å². The van der Waals surface area contributed by atoms with Crippen molar-refractivity contribution in [3.8, 4) is 0 Å². The largest absolute Gasteiger partial charge is 0.467 e. The van der Waals surface area contributed by atoms with E-state index in [0.717, 1.165) is 0 Å². The standard InChI is InChI=1S/C49H56N10O9/c1-44(2,37(60)54-45(3,4)38(61)57-49(35-25-15-19-29-52-35,36-26-16-20-30-53-36)41(64)56-47(7,8)42(65)67-9)55-40(63)48(33-23-13-17-27-50-33,34-24-14-18-28-51-34)58-39(62)46(5,6)59-43(66)68-31-32-21-11-10-12-22-32/h10-30H,31H2,1-9H3,(H,54,60)(H,55,63)(H,56,64)(H,57,61)(H,58,62)(H,59,66). The van der Waals surface area contributed by atoms with Crippen LogP contribution in [0.4, 0.5) is 4.79 Å². The van der Waals surface area contributed by atoms with Crippen molar-refractivity contribution in [3.63, 3.8) is 0 Å². The van der Waals surface area contributed by atoms with Crippen LogP contribution in [0.3, 0.4) is 0 Å². The average molecular weight is 929 g/mol. The first kappa shape index (κ1) is 50.9. The van der Waals surface area contributed by atoms with Crippen molar-refractivity contribution in [1.29, 1.82) is 0 Å². The Morgan fingerprint density at radius 3 is 1.09 bits per heavy atom. The van der Waals surface area contributed by atoms with Gasteiger partial charge in [0.25, 0.3) is 11.8 Å². The first-order valence-electron chi connectivity index (χ1n) is 21.4. The van der Waals surface area contributed by atoms with Gasteiger partial charge in [-0.1, -0.05) is 54.6 Å². The smallest absolute Gasteiger partial charge is 0.408 e. The Bertz CT molecular complexity index is 2520. The van der Waals surface area contributed by atoms with E-state index in [4.69, 9.17) is 9.47 Å². The lowest BCUT2D eigenvalue weighted by Crippen LogP contribution is -2.70. The summed E-state index contributed by atoms with van der Waals surface area (Å²) in [6.45, 7) is 11.1. The number of hydrogen-bond donors (Lipinski definition) is 6. The highest BCUT2D eigenvalue weighted by Crippen LogP contribution is 2.32. The molecule has 5 aromatic rings. The molecule has 0 saturated heterocycles. The Balaban J connectivity index is 1.47. The molecule has 6 amide bonds. The molecule has 0 aliphatic rings. The molecule has 356 valence electrons.